The lowest BCUT2D eigenvalue weighted by molar-refractivity contribution is -0.870. The van der Waals surface area contributed by atoms with E-state index in [1.54, 1.807) is 6.92 Å². The van der Waals surface area contributed by atoms with E-state index >= 15 is 0 Å². The van der Waals surface area contributed by atoms with Crippen molar-refractivity contribution >= 4 is 19.8 Å². The number of likely N-dealkylation sites (N-methyl/N-ethyl adjacent to an activating group) is 1. The van der Waals surface area contributed by atoms with Crippen LogP contribution in [0.15, 0.2) is 12.2 Å². The van der Waals surface area contributed by atoms with Crippen molar-refractivity contribution in [2.45, 2.75) is 168 Å². The monoisotopic (exact) mass is 691 g/mol. The summed E-state index contributed by atoms with van der Waals surface area (Å²) < 4.78 is 33.3. The minimum absolute atomic E-state index is 0.0318. The first-order chi connectivity index (χ1) is 22.5. The van der Waals surface area contributed by atoms with Crippen LogP contribution in [-0.4, -0.2) is 74.9 Å². The van der Waals surface area contributed by atoms with Crippen molar-refractivity contribution in [3.05, 3.63) is 12.2 Å². The summed E-state index contributed by atoms with van der Waals surface area (Å²) in [5.74, 6) is -0.895. The summed E-state index contributed by atoms with van der Waals surface area (Å²) in [6, 6.07) is 0. The molecule has 0 saturated heterocycles. The van der Waals surface area contributed by atoms with Gasteiger partial charge in [-0.05, 0) is 32.1 Å². The molecule has 9 nitrogen and oxygen atoms in total. The minimum Gasteiger partial charge on any atom is -0.462 e. The predicted molar refractivity (Wildman–Crippen MR) is 192 cm³/mol. The van der Waals surface area contributed by atoms with Crippen LogP contribution < -0.4 is 0 Å². The van der Waals surface area contributed by atoms with Crippen LogP contribution in [0.2, 0.25) is 0 Å². The van der Waals surface area contributed by atoms with Crippen molar-refractivity contribution in [3.8, 4) is 0 Å². The average molecular weight is 691 g/mol. The number of nitrogens with zero attached hydrogens (tertiary/aromatic N) is 1. The van der Waals surface area contributed by atoms with E-state index in [4.69, 9.17) is 18.5 Å². The predicted octanol–water partition coefficient (Wildman–Crippen LogP) is 9.85. The van der Waals surface area contributed by atoms with Gasteiger partial charge in [-0.1, -0.05) is 129 Å². The highest BCUT2D eigenvalue weighted by atomic mass is 31.2. The number of carbonyl (C=O) groups excluding carboxylic acids is 2. The lowest BCUT2D eigenvalue weighted by Gasteiger charge is -2.24. The van der Waals surface area contributed by atoms with Crippen LogP contribution in [0, 0.1) is 0 Å². The molecule has 0 aliphatic carbocycles. The molecular formula is C37H73NO8P+. The molecule has 2 atom stereocenters. The molecule has 0 amide bonds. The Balaban J connectivity index is 3.84. The second-order valence-electron chi connectivity index (χ2n) is 13.9. The van der Waals surface area contributed by atoms with Gasteiger partial charge in [0, 0.05) is 12.8 Å². The Kier molecular flexibility index (Phi) is 30.0. The van der Waals surface area contributed by atoms with E-state index < -0.39 is 32.5 Å². The molecule has 0 aromatic heterocycles. The standard InChI is InChI=1S/C37H72NO8P/c1-6-8-9-10-11-12-13-14-15-16-17-18-19-20-21-22-23-24-25-26-27-28-29-30-37(40)46-35(33-43-36(39)7-2)34-45-47(41,42)44-32-31-38(3,4)5/h16-17,35H,6-15,18-34H2,1-5H3/p+1/b17-16-. The van der Waals surface area contributed by atoms with E-state index in [2.05, 4.69) is 19.1 Å². The van der Waals surface area contributed by atoms with Crippen molar-refractivity contribution in [2.24, 2.45) is 0 Å². The molecular weight excluding hydrogens is 617 g/mol. The molecule has 0 aromatic carbocycles. The van der Waals surface area contributed by atoms with Crippen LogP contribution in [0.4, 0.5) is 0 Å². The van der Waals surface area contributed by atoms with Crippen LogP contribution in [-0.2, 0) is 32.7 Å². The highest BCUT2D eigenvalue weighted by Gasteiger charge is 2.26. The van der Waals surface area contributed by atoms with E-state index in [0.29, 0.717) is 17.4 Å². The van der Waals surface area contributed by atoms with Crippen molar-refractivity contribution in [1.82, 2.24) is 0 Å². The summed E-state index contributed by atoms with van der Waals surface area (Å²) >= 11 is 0. The maximum atomic E-state index is 12.4. The maximum absolute atomic E-state index is 12.4. The van der Waals surface area contributed by atoms with Gasteiger partial charge in [-0.3, -0.25) is 18.6 Å². The molecule has 0 fully saturated rings. The number of hydrogen-bond donors (Lipinski definition) is 1. The number of rotatable bonds is 34. The first-order valence-electron chi connectivity index (χ1n) is 18.9. The quantitative estimate of drug-likeness (QED) is 0.0234. The van der Waals surface area contributed by atoms with Crippen molar-refractivity contribution in [3.63, 3.8) is 0 Å². The first-order valence-corrected chi connectivity index (χ1v) is 20.4. The van der Waals surface area contributed by atoms with Gasteiger partial charge in [0.15, 0.2) is 6.10 Å². The van der Waals surface area contributed by atoms with Crippen LogP contribution in [0.1, 0.15) is 162 Å². The Hall–Kier alpha value is -1.25. The number of unbranched alkanes of at least 4 members (excludes halogenated alkanes) is 19. The molecule has 0 heterocycles. The van der Waals surface area contributed by atoms with Gasteiger partial charge in [-0.15, -0.1) is 0 Å². The van der Waals surface area contributed by atoms with E-state index in [9.17, 15) is 19.0 Å². The molecule has 0 rings (SSSR count). The fraction of sp³-hybridized carbons (Fsp3) is 0.892. The largest absolute Gasteiger partial charge is 0.472 e. The van der Waals surface area contributed by atoms with Crippen LogP contribution in [0.5, 0.6) is 0 Å². The van der Waals surface area contributed by atoms with Crippen molar-refractivity contribution < 1.29 is 42.1 Å². The Morgan fingerprint density at radius 1 is 0.660 bits per heavy atom. The van der Waals surface area contributed by atoms with E-state index in [1.165, 1.54) is 116 Å². The van der Waals surface area contributed by atoms with E-state index in [1.807, 2.05) is 21.1 Å². The highest BCUT2D eigenvalue weighted by molar-refractivity contribution is 7.47. The highest BCUT2D eigenvalue weighted by Crippen LogP contribution is 2.43. The van der Waals surface area contributed by atoms with Gasteiger partial charge in [0.25, 0.3) is 0 Å². The molecule has 0 aliphatic rings. The molecule has 0 radical (unpaired) electrons. The number of hydrogen-bond acceptors (Lipinski definition) is 7. The summed E-state index contributed by atoms with van der Waals surface area (Å²) in [6.45, 7) is 3.83. The molecule has 0 aromatic rings. The van der Waals surface area contributed by atoms with Gasteiger partial charge >= 0.3 is 19.8 Å². The topological polar surface area (TPSA) is 108 Å². The van der Waals surface area contributed by atoms with Crippen molar-refractivity contribution in [2.75, 3.05) is 47.5 Å². The van der Waals surface area contributed by atoms with Crippen LogP contribution in [0.25, 0.3) is 0 Å². The molecule has 47 heavy (non-hydrogen) atoms. The summed E-state index contributed by atoms with van der Waals surface area (Å²) in [6.07, 6.45) is 30.8. The second-order valence-corrected chi connectivity index (χ2v) is 15.4. The summed E-state index contributed by atoms with van der Waals surface area (Å²) in [4.78, 5) is 34.0. The van der Waals surface area contributed by atoms with E-state index in [0.717, 1.165) is 12.8 Å². The Morgan fingerprint density at radius 2 is 1.13 bits per heavy atom. The molecule has 278 valence electrons. The number of ether oxygens (including phenoxy) is 2. The fourth-order valence-corrected chi connectivity index (χ4v) is 5.79. The normalized spacial score (nSPS) is 13.9. The molecule has 0 aliphatic heterocycles. The zero-order valence-corrected chi connectivity index (χ0v) is 31.9. The number of allylic oxidation sites excluding steroid dienone is 2. The summed E-state index contributed by atoms with van der Waals surface area (Å²) in [5, 5.41) is 0. The molecule has 0 saturated carbocycles. The molecule has 1 N–H and O–H groups in total. The lowest BCUT2D eigenvalue weighted by Crippen LogP contribution is -2.37. The zero-order valence-electron chi connectivity index (χ0n) is 31.0. The van der Waals surface area contributed by atoms with Gasteiger partial charge in [0.05, 0.1) is 27.7 Å². The third-order valence-corrected chi connectivity index (χ3v) is 9.08. The Labute approximate surface area is 288 Å². The molecule has 0 bridgehead atoms. The van der Waals surface area contributed by atoms with Crippen LogP contribution in [0.3, 0.4) is 0 Å². The number of quaternary nitrogens is 1. The molecule has 10 heteroatoms. The molecule has 2 unspecified atom stereocenters. The number of esters is 2. The van der Waals surface area contributed by atoms with Crippen LogP contribution >= 0.6 is 7.82 Å². The SMILES string of the molecule is CCCCCCCCCC/C=C\CCCCCCCCCCCCCC(=O)OC(COC(=O)CC)COP(=O)(O)OCC[N+](C)(C)C. The first kappa shape index (κ1) is 45.8. The average Bonchev–Trinajstić information content (AvgIpc) is 3.01. The Bertz CT molecular complexity index is 830. The fourth-order valence-electron chi connectivity index (χ4n) is 5.05. The van der Waals surface area contributed by atoms with Gasteiger partial charge < -0.3 is 18.9 Å². The zero-order chi connectivity index (χ0) is 35.1. The summed E-state index contributed by atoms with van der Waals surface area (Å²) in [7, 11) is 1.47. The van der Waals surface area contributed by atoms with Crippen molar-refractivity contribution in [1.29, 1.82) is 0 Å². The lowest BCUT2D eigenvalue weighted by atomic mass is 10.0. The smallest absolute Gasteiger partial charge is 0.462 e. The van der Waals surface area contributed by atoms with Gasteiger partial charge in [-0.25, -0.2) is 4.57 Å². The number of phosphoric ester groups is 1. The summed E-state index contributed by atoms with van der Waals surface area (Å²) in [5.41, 5.74) is 0. The molecule has 0 spiro atoms. The van der Waals surface area contributed by atoms with E-state index in [-0.39, 0.29) is 26.1 Å². The minimum atomic E-state index is -4.34. The number of phosphoric acid groups is 1. The van der Waals surface area contributed by atoms with Gasteiger partial charge in [-0.2, -0.15) is 0 Å². The third kappa shape index (κ3) is 34.4. The maximum Gasteiger partial charge on any atom is 0.472 e. The second kappa shape index (κ2) is 30.8. The number of carbonyl (C=O) groups is 2. The Morgan fingerprint density at radius 3 is 1.60 bits per heavy atom. The van der Waals surface area contributed by atoms with Gasteiger partial charge in [0.2, 0.25) is 0 Å². The van der Waals surface area contributed by atoms with Gasteiger partial charge in [0.1, 0.15) is 19.8 Å². The third-order valence-electron chi connectivity index (χ3n) is 8.10.